The number of carbonyl (C=O) groups is 2. The third-order valence-electron chi connectivity index (χ3n) is 3.25. The van der Waals surface area contributed by atoms with Gasteiger partial charge in [-0.15, -0.1) is 0 Å². The molecule has 1 unspecified atom stereocenters. The summed E-state index contributed by atoms with van der Waals surface area (Å²) in [5, 5.41) is 0.588. The van der Waals surface area contributed by atoms with E-state index in [1.54, 1.807) is 30.3 Å². The van der Waals surface area contributed by atoms with Crippen LogP contribution in [-0.2, 0) is 9.59 Å². The molecule has 2 N–H and O–H groups in total. The van der Waals surface area contributed by atoms with Gasteiger partial charge in [0.2, 0.25) is 5.91 Å². The fourth-order valence-corrected chi connectivity index (χ4v) is 2.00. The van der Waals surface area contributed by atoms with Gasteiger partial charge >= 0.3 is 0 Å². The van der Waals surface area contributed by atoms with Crippen molar-refractivity contribution in [3.8, 4) is 11.5 Å². The fraction of sp³-hybridized carbons (Fsp3) is 0.222. The van der Waals surface area contributed by atoms with Crippen molar-refractivity contribution in [3.05, 3.63) is 59.4 Å². The maximum atomic E-state index is 13.5. The van der Waals surface area contributed by atoms with Crippen molar-refractivity contribution in [1.82, 2.24) is 10.9 Å². The SMILES string of the molecule is CC(Oc1ccccc1F)C(=O)NNC(=O)CCOc1ccc(Cl)cc1. The Hall–Kier alpha value is -2.80. The summed E-state index contributed by atoms with van der Waals surface area (Å²) in [5.41, 5.74) is 4.46. The first-order chi connectivity index (χ1) is 12.5. The van der Waals surface area contributed by atoms with Gasteiger partial charge in [-0.3, -0.25) is 20.4 Å². The number of para-hydroxylation sites is 1. The van der Waals surface area contributed by atoms with Gasteiger partial charge in [0, 0.05) is 5.02 Å². The molecule has 26 heavy (non-hydrogen) atoms. The first-order valence-corrected chi connectivity index (χ1v) is 8.22. The summed E-state index contributed by atoms with van der Waals surface area (Å²) in [6.45, 7) is 1.57. The van der Waals surface area contributed by atoms with E-state index in [1.807, 2.05) is 0 Å². The third kappa shape index (κ3) is 6.25. The minimum Gasteiger partial charge on any atom is -0.493 e. The topological polar surface area (TPSA) is 76.7 Å². The number of nitrogens with one attached hydrogen (secondary N) is 2. The highest BCUT2D eigenvalue weighted by Crippen LogP contribution is 2.17. The largest absolute Gasteiger partial charge is 0.493 e. The number of rotatable bonds is 7. The van der Waals surface area contributed by atoms with Crippen LogP contribution in [0.1, 0.15) is 13.3 Å². The molecule has 0 aromatic heterocycles. The minimum absolute atomic E-state index is 0.0332. The highest BCUT2D eigenvalue weighted by Gasteiger charge is 2.17. The number of halogens is 2. The molecule has 2 aromatic rings. The first kappa shape index (κ1) is 19.5. The zero-order valence-electron chi connectivity index (χ0n) is 14.0. The molecular weight excluding hydrogens is 363 g/mol. The molecule has 0 fully saturated rings. The molecule has 2 rings (SSSR count). The average molecular weight is 381 g/mol. The normalized spacial score (nSPS) is 11.3. The number of benzene rings is 2. The molecule has 0 aliphatic carbocycles. The zero-order chi connectivity index (χ0) is 18.9. The molecule has 0 aliphatic rings. The number of hydrogen-bond acceptors (Lipinski definition) is 4. The molecule has 0 saturated carbocycles. The molecule has 1 atom stereocenters. The van der Waals surface area contributed by atoms with E-state index in [-0.39, 0.29) is 18.8 Å². The van der Waals surface area contributed by atoms with Gasteiger partial charge in [0.1, 0.15) is 5.75 Å². The smallest absolute Gasteiger partial charge is 0.279 e. The molecule has 0 spiro atoms. The van der Waals surface area contributed by atoms with E-state index in [2.05, 4.69) is 10.9 Å². The van der Waals surface area contributed by atoms with E-state index in [9.17, 15) is 14.0 Å². The summed E-state index contributed by atoms with van der Waals surface area (Å²) < 4.78 is 24.1. The van der Waals surface area contributed by atoms with Crippen LogP contribution in [0.3, 0.4) is 0 Å². The highest BCUT2D eigenvalue weighted by molar-refractivity contribution is 6.30. The molecule has 0 bridgehead atoms. The summed E-state index contributed by atoms with van der Waals surface area (Å²) in [6.07, 6.45) is -0.955. The maximum absolute atomic E-state index is 13.5. The van der Waals surface area contributed by atoms with Crippen LogP contribution in [0.4, 0.5) is 4.39 Å². The van der Waals surface area contributed by atoms with Crippen LogP contribution >= 0.6 is 11.6 Å². The maximum Gasteiger partial charge on any atom is 0.279 e. The molecule has 0 heterocycles. The van der Waals surface area contributed by atoms with Gasteiger partial charge in [0.05, 0.1) is 13.0 Å². The number of amides is 2. The molecular formula is C18H18ClFN2O4. The third-order valence-corrected chi connectivity index (χ3v) is 3.50. The van der Waals surface area contributed by atoms with Crippen LogP contribution in [0, 0.1) is 5.82 Å². The van der Waals surface area contributed by atoms with Gasteiger partial charge in [-0.05, 0) is 43.3 Å². The van der Waals surface area contributed by atoms with E-state index in [0.717, 1.165) is 0 Å². The molecule has 2 amide bonds. The minimum atomic E-state index is -0.988. The van der Waals surface area contributed by atoms with Crippen molar-refractivity contribution in [3.63, 3.8) is 0 Å². The van der Waals surface area contributed by atoms with Crippen molar-refractivity contribution in [1.29, 1.82) is 0 Å². The van der Waals surface area contributed by atoms with Crippen LogP contribution in [0.25, 0.3) is 0 Å². The number of hydrogen-bond donors (Lipinski definition) is 2. The summed E-state index contributed by atoms with van der Waals surface area (Å²) in [6, 6.07) is 12.5. The van der Waals surface area contributed by atoms with Crippen molar-refractivity contribution in [2.45, 2.75) is 19.4 Å². The van der Waals surface area contributed by atoms with Gasteiger partial charge in [0.15, 0.2) is 17.7 Å². The van der Waals surface area contributed by atoms with Crippen LogP contribution in [-0.4, -0.2) is 24.5 Å². The van der Waals surface area contributed by atoms with Gasteiger partial charge in [-0.25, -0.2) is 4.39 Å². The zero-order valence-corrected chi connectivity index (χ0v) is 14.8. The highest BCUT2D eigenvalue weighted by atomic mass is 35.5. The summed E-state index contributed by atoms with van der Waals surface area (Å²) >= 11 is 5.76. The number of carbonyl (C=O) groups excluding carboxylic acids is 2. The Kier molecular flexibility index (Phi) is 7.23. The van der Waals surface area contributed by atoms with Crippen molar-refractivity contribution < 1.29 is 23.5 Å². The van der Waals surface area contributed by atoms with E-state index < -0.39 is 23.7 Å². The molecule has 8 heteroatoms. The van der Waals surface area contributed by atoms with Gasteiger partial charge in [0.25, 0.3) is 5.91 Å². The van der Waals surface area contributed by atoms with E-state index >= 15 is 0 Å². The molecule has 2 aromatic carbocycles. The predicted octanol–water partition coefficient (Wildman–Crippen LogP) is 2.86. The monoisotopic (exact) mass is 380 g/mol. The lowest BCUT2D eigenvalue weighted by molar-refractivity contribution is -0.133. The fourth-order valence-electron chi connectivity index (χ4n) is 1.87. The average Bonchev–Trinajstić information content (AvgIpc) is 2.63. The summed E-state index contributed by atoms with van der Waals surface area (Å²) in [4.78, 5) is 23.6. The van der Waals surface area contributed by atoms with Crippen LogP contribution in [0.15, 0.2) is 48.5 Å². The second kappa shape index (κ2) is 9.62. The molecule has 0 radical (unpaired) electrons. The van der Waals surface area contributed by atoms with E-state index in [1.165, 1.54) is 25.1 Å². The first-order valence-electron chi connectivity index (χ1n) is 7.84. The van der Waals surface area contributed by atoms with E-state index in [4.69, 9.17) is 21.1 Å². The van der Waals surface area contributed by atoms with Crippen molar-refractivity contribution in [2.75, 3.05) is 6.61 Å². The lowest BCUT2D eigenvalue weighted by atomic mass is 10.3. The number of ether oxygens (including phenoxy) is 2. The van der Waals surface area contributed by atoms with Gasteiger partial charge in [-0.2, -0.15) is 0 Å². The lowest BCUT2D eigenvalue weighted by Gasteiger charge is -2.15. The van der Waals surface area contributed by atoms with Gasteiger partial charge in [-0.1, -0.05) is 23.7 Å². The molecule has 0 aliphatic heterocycles. The second-order valence-corrected chi connectivity index (χ2v) is 5.72. The summed E-state index contributed by atoms with van der Waals surface area (Å²) in [5.74, 6) is -1.09. The predicted molar refractivity (Wildman–Crippen MR) is 94.3 cm³/mol. The molecule has 0 saturated heterocycles. The summed E-state index contributed by atoms with van der Waals surface area (Å²) in [7, 11) is 0. The Balaban J connectivity index is 1.68. The number of hydrazine groups is 1. The van der Waals surface area contributed by atoms with Crippen LogP contribution in [0.2, 0.25) is 5.02 Å². The van der Waals surface area contributed by atoms with Crippen LogP contribution in [0.5, 0.6) is 11.5 Å². The van der Waals surface area contributed by atoms with Crippen LogP contribution < -0.4 is 20.3 Å². The Labute approximate surface area is 155 Å². The quantitative estimate of drug-likeness (QED) is 0.724. The van der Waals surface area contributed by atoms with Crippen molar-refractivity contribution in [2.24, 2.45) is 0 Å². The Morgan fingerprint density at radius 3 is 2.50 bits per heavy atom. The standard InChI is InChI=1S/C18H18ClFN2O4/c1-12(26-16-5-3-2-4-15(16)20)18(24)22-21-17(23)10-11-25-14-8-6-13(19)7-9-14/h2-9,12H,10-11H2,1H3,(H,21,23)(H,22,24). The second-order valence-electron chi connectivity index (χ2n) is 5.28. The van der Waals surface area contributed by atoms with Crippen molar-refractivity contribution >= 4 is 23.4 Å². The van der Waals surface area contributed by atoms with Gasteiger partial charge < -0.3 is 9.47 Å². The molecule has 138 valence electrons. The Morgan fingerprint density at radius 2 is 1.81 bits per heavy atom. The Bertz CT molecular complexity index is 755. The molecule has 6 nitrogen and oxygen atoms in total. The Morgan fingerprint density at radius 1 is 1.12 bits per heavy atom. The van der Waals surface area contributed by atoms with E-state index in [0.29, 0.717) is 10.8 Å². The lowest BCUT2D eigenvalue weighted by Crippen LogP contribution is -2.47.